The maximum atomic E-state index is 13.6. The Morgan fingerprint density at radius 2 is 1.37 bits per heavy atom. The van der Waals surface area contributed by atoms with E-state index in [0.717, 1.165) is 38.5 Å². The zero-order chi connectivity index (χ0) is 68.7. The Hall–Kier alpha value is -7.58. The fourth-order valence-corrected chi connectivity index (χ4v) is 14.6. The second kappa shape index (κ2) is 30.0. The molecule has 2 unspecified atom stereocenters. The van der Waals surface area contributed by atoms with Crippen molar-refractivity contribution in [3.8, 4) is 23.4 Å². The van der Waals surface area contributed by atoms with Gasteiger partial charge in [0.1, 0.15) is 28.2 Å². The highest BCUT2D eigenvalue weighted by molar-refractivity contribution is 7.90. The quantitative estimate of drug-likeness (QED) is 0.0408. The van der Waals surface area contributed by atoms with Crippen molar-refractivity contribution in [2.45, 2.75) is 182 Å². The monoisotopic (exact) mass is 1350 g/mol. The number of aromatic nitrogens is 8. The number of nitrogens with zero attached hydrogens (tertiary/aromatic N) is 10. The highest BCUT2D eigenvalue weighted by Crippen LogP contribution is 2.41. The molecular formula is C67H95ClN14O10S2. The van der Waals surface area contributed by atoms with Crippen LogP contribution in [0, 0.1) is 41.4 Å². The fourth-order valence-electron chi connectivity index (χ4n) is 12.5. The molecule has 0 radical (unpaired) electrons. The van der Waals surface area contributed by atoms with Crippen LogP contribution in [0.5, 0.6) is 11.8 Å². The van der Waals surface area contributed by atoms with Crippen LogP contribution in [-0.2, 0) is 24.8 Å². The Labute approximate surface area is 559 Å². The van der Waals surface area contributed by atoms with Gasteiger partial charge in [0.25, 0.3) is 31.9 Å². The number of likely N-dealkylation sites (tertiary alicyclic amines) is 1. The molecule has 9 heterocycles. The number of rotatable bonds is 20. The van der Waals surface area contributed by atoms with Crippen LogP contribution < -0.4 is 34.5 Å². The van der Waals surface area contributed by atoms with Gasteiger partial charge in [-0.2, -0.15) is 16.8 Å². The van der Waals surface area contributed by atoms with Gasteiger partial charge in [-0.3, -0.25) is 9.59 Å². The van der Waals surface area contributed by atoms with E-state index in [1.165, 1.54) is 35.0 Å². The molecule has 0 spiro atoms. The summed E-state index contributed by atoms with van der Waals surface area (Å²) in [7, 11) is -8.58. The van der Waals surface area contributed by atoms with Gasteiger partial charge < -0.3 is 34.6 Å². The molecule has 0 aromatic carbocycles. The molecule has 9 rings (SSSR count). The van der Waals surface area contributed by atoms with Gasteiger partial charge >= 0.3 is 6.09 Å². The molecular weight excluding hydrogens is 1260 g/mol. The van der Waals surface area contributed by atoms with Crippen LogP contribution in [0.1, 0.15) is 170 Å². The molecule has 4 bridgehead atoms. The van der Waals surface area contributed by atoms with Gasteiger partial charge in [0.2, 0.25) is 11.8 Å². The van der Waals surface area contributed by atoms with Crippen LogP contribution in [0.3, 0.4) is 0 Å². The van der Waals surface area contributed by atoms with Crippen molar-refractivity contribution in [2.75, 3.05) is 48.4 Å². The molecule has 27 heteroatoms. The van der Waals surface area contributed by atoms with E-state index in [4.69, 9.17) is 30.8 Å². The number of pyridine rings is 4. The van der Waals surface area contributed by atoms with Crippen LogP contribution in [0.4, 0.5) is 22.2 Å². The lowest BCUT2D eigenvalue weighted by Crippen LogP contribution is -2.49. The summed E-state index contributed by atoms with van der Waals surface area (Å²) in [5, 5.41) is 14.6. The minimum atomic E-state index is -4.35. The zero-order valence-electron chi connectivity index (χ0n) is 56.9. The van der Waals surface area contributed by atoms with E-state index in [-0.39, 0.29) is 49.5 Å². The number of amides is 3. The average Bonchev–Trinajstić information content (AvgIpc) is 1.54. The van der Waals surface area contributed by atoms with Crippen LogP contribution >= 0.6 is 11.6 Å². The van der Waals surface area contributed by atoms with Gasteiger partial charge in [0, 0.05) is 61.3 Å². The standard InChI is InChI=1S/C36H52ClN7O6S.C31H43N7O4S/c1-23(2)27(24(3)4)22-49-30-18-21-43(41-30)29-16-15-26(32(37)40-29)33(45)42-51(47,48)31-14-10-13-28(39-31)38-20-11-12-25-17-19-36(8,9)44(25)34(46)50-35(5,6)7;1-20(2)24(21(3)4)19-42-27-14-16-38(35-27)26-13-12-23-29(34-26)37-18-22(17-31(37,5)6)9-8-15-32-25-10-7-11-28(33-25)43(40,41)36-30(23)39/h10,13-16,18,21,23-25,27H,11-12,17,19-20,22H2,1-9H3,(H,38,39)(H,42,45);7,10-14,16,20-22,24H,8-9,15,17-19H2,1-6H3,(H,32,33)(H,36,39). The van der Waals surface area contributed by atoms with Gasteiger partial charge in [-0.25, -0.2) is 43.5 Å². The maximum Gasteiger partial charge on any atom is 0.410 e. The first kappa shape index (κ1) is 72.3. The number of fused-ring (bicyclic) bond motifs is 6. The van der Waals surface area contributed by atoms with Gasteiger partial charge in [-0.05, 0) is 183 Å². The molecule has 0 saturated carbocycles. The topological polar surface area (TPSA) is 289 Å². The van der Waals surface area contributed by atoms with E-state index in [2.05, 4.69) is 115 Å². The van der Waals surface area contributed by atoms with Crippen molar-refractivity contribution in [3.63, 3.8) is 0 Å². The van der Waals surface area contributed by atoms with E-state index in [1.54, 1.807) is 59.5 Å². The van der Waals surface area contributed by atoms with Crippen molar-refractivity contribution in [1.29, 1.82) is 0 Å². The number of nitrogens with one attached hydrogen (secondary N) is 4. The summed E-state index contributed by atoms with van der Waals surface area (Å²) in [6.07, 6.45) is 9.12. The summed E-state index contributed by atoms with van der Waals surface area (Å²) < 4.78 is 77.8. The van der Waals surface area contributed by atoms with E-state index >= 15 is 0 Å². The molecule has 512 valence electrons. The van der Waals surface area contributed by atoms with Gasteiger partial charge in [-0.1, -0.05) is 79.1 Å². The van der Waals surface area contributed by atoms with E-state index in [9.17, 15) is 31.2 Å². The molecule has 3 aliphatic rings. The molecule has 3 amide bonds. The molecule has 6 aromatic heterocycles. The number of carbonyl (C=O) groups excluding carboxylic acids is 3. The molecule has 2 fully saturated rings. The van der Waals surface area contributed by atoms with Crippen molar-refractivity contribution >= 4 is 67.0 Å². The van der Waals surface area contributed by atoms with Crippen molar-refractivity contribution in [1.82, 2.24) is 53.8 Å². The third-order valence-corrected chi connectivity index (χ3v) is 20.3. The molecule has 4 N–H and O–H groups in total. The van der Waals surface area contributed by atoms with Gasteiger partial charge in [0.15, 0.2) is 21.7 Å². The SMILES string of the molecule is CC(C)C(COc1ccn(-c2ccc(C(=O)NS(=O)(=O)c3cccc(NCCCC4CCC(C)(C)N4C(=O)OC(C)(C)C)n3)c(Cl)n2)n1)C(C)C.CC(C)C(COc1ccn(-c2ccc3c(n2)N2CC(CCCNc4cccc(n4)S(=O)(=O)NC3=O)CC2(C)C)n1)C(C)C. The molecule has 94 heavy (non-hydrogen) atoms. The van der Waals surface area contributed by atoms with Gasteiger partial charge in [-0.15, -0.1) is 10.2 Å². The third-order valence-electron chi connectivity index (χ3n) is 17.5. The molecule has 0 aliphatic carbocycles. The Bertz CT molecular complexity index is 3830. The summed E-state index contributed by atoms with van der Waals surface area (Å²) in [5.74, 6) is 4.27. The third kappa shape index (κ3) is 18.5. The van der Waals surface area contributed by atoms with Crippen molar-refractivity contribution in [3.05, 3.63) is 101 Å². The normalized spacial score (nSPS) is 17.9. The van der Waals surface area contributed by atoms with E-state index < -0.39 is 37.5 Å². The second-order valence-electron chi connectivity index (χ2n) is 28.2. The summed E-state index contributed by atoms with van der Waals surface area (Å²) in [5.41, 5.74) is -1.15. The molecule has 24 nitrogen and oxygen atoms in total. The van der Waals surface area contributed by atoms with Crippen LogP contribution in [-0.4, -0.2) is 135 Å². The number of halogens is 1. The van der Waals surface area contributed by atoms with Crippen molar-refractivity contribution in [2.24, 2.45) is 41.4 Å². The predicted octanol–water partition coefficient (Wildman–Crippen LogP) is 12.0. The summed E-state index contributed by atoms with van der Waals surface area (Å²) in [6.45, 7) is 34.3. The Kier molecular flexibility index (Phi) is 23.1. The molecule has 6 aromatic rings. The minimum absolute atomic E-state index is 0.0326. The zero-order valence-corrected chi connectivity index (χ0v) is 59.3. The first-order valence-electron chi connectivity index (χ1n) is 32.5. The van der Waals surface area contributed by atoms with E-state index in [1.807, 2.05) is 44.2 Å². The number of ether oxygens (including phenoxy) is 3. The highest BCUT2D eigenvalue weighted by Gasteiger charge is 2.45. The minimum Gasteiger partial charge on any atom is -0.476 e. The Morgan fingerprint density at radius 1 is 0.766 bits per heavy atom. The number of anilines is 3. The average molecular weight is 1360 g/mol. The lowest BCUT2D eigenvalue weighted by Gasteiger charge is -2.37. The summed E-state index contributed by atoms with van der Waals surface area (Å²) >= 11 is 6.35. The molecule has 2 atom stereocenters. The van der Waals surface area contributed by atoms with Crippen LogP contribution in [0.15, 0.2) is 95.2 Å². The van der Waals surface area contributed by atoms with Crippen LogP contribution in [0.25, 0.3) is 11.6 Å². The summed E-state index contributed by atoms with van der Waals surface area (Å²) in [4.78, 5) is 61.2. The Balaban J connectivity index is 0.000000244. The first-order valence-corrected chi connectivity index (χ1v) is 35.9. The fraction of sp³-hybridized carbons (Fsp3) is 0.567. The second-order valence-corrected chi connectivity index (χ2v) is 31.9. The number of hydrogen-bond acceptors (Lipinski definition) is 19. The maximum absolute atomic E-state index is 13.6. The number of hydrogen-bond donors (Lipinski definition) is 4. The predicted molar refractivity (Wildman–Crippen MR) is 363 cm³/mol. The smallest absolute Gasteiger partial charge is 0.410 e. The highest BCUT2D eigenvalue weighted by atomic mass is 35.5. The number of carbonyl (C=O) groups is 3. The molecule has 2 saturated heterocycles. The number of sulfonamides is 2. The largest absolute Gasteiger partial charge is 0.476 e. The van der Waals surface area contributed by atoms with Gasteiger partial charge in [0.05, 0.1) is 24.3 Å². The lowest BCUT2D eigenvalue weighted by atomic mass is 9.86. The Morgan fingerprint density at radius 3 is 1.98 bits per heavy atom. The van der Waals surface area contributed by atoms with Crippen LogP contribution in [0.2, 0.25) is 5.15 Å². The first-order chi connectivity index (χ1) is 44.1. The molecule has 3 aliphatic heterocycles. The van der Waals surface area contributed by atoms with Crippen molar-refractivity contribution < 1.29 is 45.4 Å². The lowest BCUT2D eigenvalue weighted by molar-refractivity contribution is 0.00290. The summed E-state index contributed by atoms with van der Waals surface area (Å²) in [6, 6.07) is 18.9. The van der Waals surface area contributed by atoms with E-state index in [0.29, 0.717) is 122 Å².